The summed E-state index contributed by atoms with van der Waals surface area (Å²) in [5, 5.41) is 8.85. The van der Waals surface area contributed by atoms with Crippen molar-refractivity contribution < 1.29 is 5.11 Å². The number of unbranched alkanes of at least 4 members (excludes halogenated alkanes) is 7. The van der Waals surface area contributed by atoms with Gasteiger partial charge in [0, 0.05) is 6.42 Å². The smallest absolute Gasteiger partial charge is 0.0851 e. The summed E-state index contributed by atoms with van der Waals surface area (Å²) >= 11 is 0. The number of aliphatic hydroxyl groups excluding tert-OH is 1. The molecule has 14 heavy (non-hydrogen) atoms. The van der Waals surface area contributed by atoms with Gasteiger partial charge in [-0.15, -0.1) is 0 Å². The normalized spacial score (nSPS) is 10.4. The second-order valence-corrected chi connectivity index (χ2v) is 3.93. The highest BCUT2D eigenvalue weighted by Gasteiger charge is 1.93. The van der Waals surface area contributed by atoms with Crippen LogP contribution in [0.4, 0.5) is 0 Å². The molecule has 0 aliphatic rings. The fraction of sp³-hybridized carbons (Fsp3) is 0.833. The molecule has 0 aliphatic heterocycles. The highest BCUT2D eigenvalue weighted by Crippen LogP contribution is 2.10. The van der Waals surface area contributed by atoms with Crippen LogP contribution < -0.4 is 5.73 Å². The van der Waals surface area contributed by atoms with E-state index in [9.17, 15) is 0 Å². The van der Waals surface area contributed by atoms with Crippen LogP contribution >= 0.6 is 0 Å². The molecule has 3 N–H and O–H groups in total. The van der Waals surface area contributed by atoms with E-state index in [2.05, 4.69) is 6.58 Å². The Morgan fingerprint density at radius 2 is 1.29 bits per heavy atom. The van der Waals surface area contributed by atoms with E-state index in [-0.39, 0.29) is 0 Å². The molecular weight excluding hydrogens is 174 g/mol. The van der Waals surface area contributed by atoms with Gasteiger partial charge in [-0.05, 0) is 19.4 Å². The fourth-order valence-corrected chi connectivity index (χ4v) is 1.53. The molecule has 0 heterocycles. The van der Waals surface area contributed by atoms with E-state index in [1.165, 1.54) is 44.9 Å². The van der Waals surface area contributed by atoms with Crippen molar-refractivity contribution in [2.24, 2.45) is 5.73 Å². The van der Waals surface area contributed by atoms with Crippen molar-refractivity contribution in [3.05, 3.63) is 12.3 Å². The average Bonchev–Trinajstić information content (AvgIpc) is 2.15. The molecule has 0 saturated heterocycles. The molecule has 0 radical (unpaired) electrons. The molecule has 0 unspecified atom stereocenters. The van der Waals surface area contributed by atoms with E-state index in [1.54, 1.807) is 0 Å². The molecule has 0 spiro atoms. The lowest BCUT2D eigenvalue weighted by Crippen LogP contribution is -1.97. The van der Waals surface area contributed by atoms with Crippen molar-refractivity contribution >= 4 is 0 Å². The van der Waals surface area contributed by atoms with Gasteiger partial charge in [-0.25, -0.2) is 0 Å². The Balaban J connectivity index is 2.88. The van der Waals surface area contributed by atoms with Gasteiger partial charge in [0.15, 0.2) is 0 Å². The van der Waals surface area contributed by atoms with Gasteiger partial charge in [0.2, 0.25) is 0 Å². The van der Waals surface area contributed by atoms with E-state index in [0.717, 1.165) is 19.4 Å². The summed E-state index contributed by atoms with van der Waals surface area (Å²) in [5.74, 6) is 0.327. The number of hydrogen-bond donors (Lipinski definition) is 2. The molecule has 84 valence electrons. The minimum absolute atomic E-state index is 0.327. The van der Waals surface area contributed by atoms with Crippen molar-refractivity contribution in [1.82, 2.24) is 0 Å². The molecule has 2 heteroatoms. The number of nitrogens with two attached hydrogens (primary N) is 1. The number of rotatable bonds is 10. The Hall–Kier alpha value is -0.500. The van der Waals surface area contributed by atoms with E-state index in [1.807, 2.05) is 0 Å². The highest BCUT2D eigenvalue weighted by atomic mass is 16.3. The van der Waals surface area contributed by atoms with Crippen LogP contribution in [0.5, 0.6) is 0 Å². The summed E-state index contributed by atoms with van der Waals surface area (Å²) in [5.41, 5.74) is 5.41. The first kappa shape index (κ1) is 13.5. The summed E-state index contributed by atoms with van der Waals surface area (Å²) in [7, 11) is 0. The second kappa shape index (κ2) is 10.6. The summed E-state index contributed by atoms with van der Waals surface area (Å²) < 4.78 is 0. The van der Waals surface area contributed by atoms with E-state index >= 15 is 0 Å². The summed E-state index contributed by atoms with van der Waals surface area (Å²) in [6.07, 6.45) is 10.8. The maximum absolute atomic E-state index is 8.85. The van der Waals surface area contributed by atoms with Crippen molar-refractivity contribution in [2.45, 2.75) is 57.8 Å². The van der Waals surface area contributed by atoms with Crippen molar-refractivity contribution in [3.63, 3.8) is 0 Å². The molecule has 0 rings (SSSR count). The van der Waals surface area contributed by atoms with Crippen LogP contribution in [0.2, 0.25) is 0 Å². The third kappa shape index (κ3) is 11.5. The Morgan fingerprint density at radius 1 is 0.857 bits per heavy atom. The van der Waals surface area contributed by atoms with Gasteiger partial charge in [-0.3, -0.25) is 0 Å². The van der Waals surface area contributed by atoms with Gasteiger partial charge in [-0.2, -0.15) is 0 Å². The van der Waals surface area contributed by atoms with Crippen LogP contribution in [-0.4, -0.2) is 11.7 Å². The molecule has 2 nitrogen and oxygen atoms in total. The third-order valence-electron chi connectivity index (χ3n) is 2.42. The predicted octanol–water partition coefficient (Wildman–Crippen LogP) is 3.53. The molecule has 0 bridgehead atoms. The third-order valence-corrected chi connectivity index (χ3v) is 2.42. The average molecular weight is 199 g/mol. The maximum Gasteiger partial charge on any atom is 0.0851 e. The summed E-state index contributed by atoms with van der Waals surface area (Å²) in [6.45, 7) is 4.30. The Kier molecular flexibility index (Phi) is 10.2. The molecule has 0 aromatic heterocycles. The van der Waals surface area contributed by atoms with Gasteiger partial charge in [-0.1, -0.05) is 45.1 Å². The minimum atomic E-state index is 0.327. The molecule has 0 aromatic carbocycles. The predicted molar refractivity (Wildman–Crippen MR) is 62.4 cm³/mol. The number of aliphatic hydroxyl groups is 1. The van der Waals surface area contributed by atoms with Gasteiger partial charge in [0.25, 0.3) is 0 Å². The lowest BCUT2D eigenvalue weighted by atomic mass is 10.1. The molecule has 0 fully saturated rings. The number of allylic oxidation sites excluding steroid dienone is 1. The first-order valence-electron chi connectivity index (χ1n) is 5.84. The fourth-order valence-electron chi connectivity index (χ4n) is 1.53. The zero-order valence-electron chi connectivity index (χ0n) is 9.30. The monoisotopic (exact) mass is 199 g/mol. The summed E-state index contributed by atoms with van der Waals surface area (Å²) in [4.78, 5) is 0. The van der Waals surface area contributed by atoms with Crippen LogP contribution in [-0.2, 0) is 0 Å². The quantitative estimate of drug-likeness (QED) is 0.417. The number of hydrogen-bond acceptors (Lipinski definition) is 2. The van der Waals surface area contributed by atoms with Gasteiger partial charge < -0.3 is 10.8 Å². The zero-order chi connectivity index (χ0) is 10.6. The highest BCUT2D eigenvalue weighted by molar-refractivity contribution is 4.77. The van der Waals surface area contributed by atoms with Crippen molar-refractivity contribution in [3.8, 4) is 0 Å². The molecule has 0 atom stereocenters. The van der Waals surface area contributed by atoms with Crippen molar-refractivity contribution in [1.29, 1.82) is 0 Å². The van der Waals surface area contributed by atoms with Crippen molar-refractivity contribution in [2.75, 3.05) is 6.54 Å². The molecule has 0 saturated carbocycles. The van der Waals surface area contributed by atoms with Gasteiger partial charge in [0.05, 0.1) is 5.76 Å². The van der Waals surface area contributed by atoms with E-state index < -0.39 is 0 Å². The molecule has 0 aliphatic carbocycles. The Morgan fingerprint density at radius 3 is 1.71 bits per heavy atom. The van der Waals surface area contributed by atoms with Gasteiger partial charge in [0.1, 0.15) is 0 Å². The Bertz CT molecular complexity index is 134. The van der Waals surface area contributed by atoms with Crippen LogP contribution in [0.15, 0.2) is 12.3 Å². The van der Waals surface area contributed by atoms with E-state index in [4.69, 9.17) is 10.8 Å². The van der Waals surface area contributed by atoms with Crippen LogP contribution in [0.1, 0.15) is 57.8 Å². The largest absolute Gasteiger partial charge is 0.513 e. The second-order valence-electron chi connectivity index (χ2n) is 3.93. The zero-order valence-corrected chi connectivity index (χ0v) is 9.30. The standard InChI is InChI=1S/C12H25NO/c1-12(14)10-8-6-4-2-3-5-7-9-11-13/h14H,1-11,13H2. The lowest BCUT2D eigenvalue weighted by molar-refractivity contribution is 0.383. The van der Waals surface area contributed by atoms with Gasteiger partial charge >= 0.3 is 0 Å². The molecular formula is C12H25NO. The molecule has 0 aromatic rings. The topological polar surface area (TPSA) is 46.2 Å². The maximum atomic E-state index is 8.85. The molecule has 0 amide bonds. The van der Waals surface area contributed by atoms with Crippen LogP contribution in [0, 0.1) is 0 Å². The summed E-state index contributed by atoms with van der Waals surface area (Å²) in [6, 6.07) is 0. The first-order chi connectivity index (χ1) is 6.77. The van der Waals surface area contributed by atoms with E-state index in [0.29, 0.717) is 5.76 Å². The Labute approximate surface area is 88.2 Å². The van der Waals surface area contributed by atoms with Crippen LogP contribution in [0.3, 0.4) is 0 Å². The SMILES string of the molecule is C=C(O)CCCCCCCCCCN. The first-order valence-corrected chi connectivity index (χ1v) is 5.84. The van der Waals surface area contributed by atoms with Crippen LogP contribution in [0.25, 0.3) is 0 Å². The lowest BCUT2D eigenvalue weighted by Gasteiger charge is -2.01. The minimum Gasteiger partial charge on any atom is -0.513 e.